The Labute approximate surface area is 79.0 Å². The molecule has 2 rings (SSSR count). The largest absolute Gasteiger partial charge is 0.334 e. The highest BCUT2D eigenvalue weighted by molar-refractivity contribution is 4.86. The summed E-state index contributed by atoms with van der Waals surface area (Å²) in [7, 11) is 0. The first-order chi connectivity index (χ1) is 6.42. The molecule has 1 aromatic rings. The van der Waals surface area contributed by atoms with Gasteiger partial charge >= 0.3 is 0 Å². The predicted octanol–water partition coefficient (Wildman–Crippen LogP) is 1.57. The van der Waals surface area contributed by atoms with Crippen molar-refractivity contribution in [1.82, 2.24) is 9.55 Å². The molecule has 0 spiro atoms. The van der Waals surface area contributed by atoms with Crippen LogP contribution in [0.2, 0.25) is 0 Å². The summed E-state index contributed by atoms with van der Waals surface area (Å²) in [6.45, 7) is 0.808. The molecule has 3 heteroatoms. The van der Waals surface area contributed by atoms with Crippen LogP contribution in [0.1, 0.15) is 31.7 Å². The molecule has 1 aliphatic rings. The second-order valence-electron chi connectivity index (χ2n) is 3.86. The Morgan fingerprint density at radius 2 is 2.23 bits per heavy atom. The van der Waals surface area contributed by atoms with Gasteiger partial charge in [0.1, 0.15) is 0 Å². The molecule has 2 N–H and O–H groups in total. The summed E-state index contributed by atoms with van der Waals surface area (Å²) >= 11 is 0. The molecule has 0 aromatic carbocycles. The Morgan fingerprint density at radius 1 is 1.38 bits per heavy atom. The van der Waals surface area contributed by atoms with E-state index in [-0.39, 0.29) is 0 Å². The Bertz CT molecular complexity index is 243. The van der Waals surface area contributed by atoms with Gasteiger partial charge in [-0.15, -0.1) is 0 Å². The average molecular weight is 179 g/mol. The monoisotopic (exact) mass is 179 g/mol. The molecule has 0 amide bonds. The topological polar surface area (TPSA) is 43.8 Å². The molecule has 0 bridgehead atoms. The van der Waals surface area contributed by atoms with Crippen LogP contribution in [0.3, 0.4) is 0 Å². The summed E-state index contributed by atoms with van der Waals surface area (Å²) in [5.74, 6) is 0.656. The smallest absolute Gasteiger partial charge is 0.0948 e. The van der Waals surface area contributed by atoms with Crippen LogP contribution in [-0.4, -0.2) is 16.1 Å². The highest BCUT2D eigenvalue weighted by Gasteiger charge is 2.24. The first kappa shape index (κ1) is 8.75. The van der Waals surface area contributed by atoms with E-state index in [1.54, 1.807) is 0 Å². The molecule has 1 heterocycles. The van der Waals surface area contributed by atoms with Gasteiger partial charge < -0.3 is 10.3 Å². The highest BCUT2D eigenvalue weighted by Crippen LogP contribution is 2.32. The molecular weight excluding hydrogens is 162 g/mol. The number of nitrogens with zero attached hydrogens (tertiary/aromatic N) is 2. The molecule has 1 saturated carbocycles. The van der Waals surface area contributed by atoms with Crippen molar-refractivity contribution < 1.29 is 0 Å². The highest BCUT2D eigenvalue weighted by atomic mass is 15.1. The van der Waals surface area contributed by atoms with Gasteiger partial charge in [-0.2, -0.15) is 0 Å². The Morgan fingerprint density at radius 3 is 2.92 bits per heavy atom. The van der Waals surface area contributed by atoms with Crippen molar-refractivity contribution in [2.24, 2.45) is 11.7 Å². The standard InChI is InChI=1S/C10H17N3/c11-7-9-3-1-2-4-10(9)13-6-5-12-8-13/h5-6,8-10H,1-4,7,11H2. The first-order valence-corrected chi connectivity index (χ1v) is 5.09. The number of rotatable bonds is 2. The van der Waals surface area contributed by atoms with Gasteiger partial charge in [0.05, 0.1) is 6.33 Å². The number of nitrogens with two attached hydrogens (primary N) is 1. The molecule has 0 radical (unpaired) electrons. The molecule has 1 aromatic heterocycles. The molecule has 72 valence electrons. The van der Waals surface area contributed by atoms with E-state index in [1.807, 2.05) is 12.5 Å². The van der Waals surface area contributed by atoms with Gasteiger partial charge in [-0.3, -0.25) is 0 Å². The van der Waals surface area contributed by atoms with Crippen LogP contribution in [0.5, 0.6) is 0 Å². The molecule has 1 fully saturated rings. The van der Waals surface area contributed by atoms with Crippen molar-refractivity contribution >= 4 is 0 Å². The average Bonchev–Trinajstić information content (AvgIpc) is 2.70. The zero-order valence-corrected chi connectivity index (χ0v) is 7.89. The number of hydrogen-bond donors (Lipinski definition) is 1. The van der Waals surface area contributed by atoms with Crippen molar-refractivity contribution in [3.63, 3.8) is 0 Å². The van der Waals surface area contributed by atoms with E-state index in [9.17, 15) is 0 Å². The van der Waals surface area contributed by atoms with Gasteiger partial charge in [0, 0.05) is 18.4 Å². The Hall–Kier alpha value is -0.830. The van der Waals surface area contributed by atoms with Crippen molar-refractivity contribution in [2.45, 2.75) is 31.7 Å². The Kier molecular flexibility index (Phi) is 2.64. The van der Waals surface area contributed by atoms with E-state index >= 15 is 0 Å². The van der Waals surface area contributed by atoms with Crippen molar-refractivity contribution in [3.05, 3.63) is 18.7 Å². The van der Waals surface area contributed by atoms with Gasteiger partial charge in [-0.25, -0.2) is 4.98 Å². The summed E-state index contributed by atoms with van der Waals surface area (Å²) in [5.41, 5.74) is 5.77. The maximum Gasteiger partial charge on any atom is 0.0948 e. The van der Waals surface area contributed by atoms with Crippen molar-refractivity contribution in [2.75, 3.05) is 6.54 Å². The molecule has 1 aliphatic carbocycles. The fourth-order valence-electron chi connectivity index (χ4n) is 2.32. The predicted molar refractivity (Wildman–Crippen MR) is 52.3 cm³/mol. The second-order valence-corrected chi connectivity index (χ2v) is 3.86. The quantitative estimate of drug-likeness (QED) is 0.749. The van der Waals surface area contributed by atoms with Crippen LogP contribution < -0.4 is 5.73 Å². The SMILES string of the molecule is NCC1CCCCC1n1ccnc1. The Balaban J connectivity index is 2.11. The third kappa shape index (κ3) is 1.75. The molecule has 2 unspecified atom stereocenters. The number of hydrogen-bond acceptors (Lipinski definition) is 2. The van der Waals surface area contributed by atoms with Gasteiger partial charge in [-0.1, -0.05) is 12.8 Å². The van der Waals surface area contributed by atoms with E-state index in [0.29, 0.717) is 12.0 Å². The van der Waals surface area contributed by atoms with Gasteiger partial charge in [0.15, 0.2) is 0 Å². The van der Waals surface area contributed by atoms with Gasteiger partial charge in [-0.05, 0) is 25.3 Å². The minimum Gasteiger partial charge on any atom is -0.334 e. The lowest BCUT2D eigenvalue weighted by molar-refractivity contribution is 0.245. The fraction of sp³-hybridized carbons (Fsp3) is 0.700. The van der Waals surface area contributed by atoms with Gasteiger partial charge in [0.2, 0.25) is 0 Å². The summed E-state index contributed by atoms with van der Waals surface area (Å²) in [4.78, 5) is 4.09. The zero-order valence-electron chi connectivity index (χ0n) is 7.89. The molecule has 3 nitrogen and oxygen atoms in total. The van der Waals surface area contributed by atoms with E-state index < -0.39 is 0 Å². The lowest BCUT2D eigenvalue weighted by Crippen LogP contribution is -2.28. The second kappa shape index (κ2) is 3.92. The maximum atomic E-state index is 5.77. The van der Waals surface area contributed by atoms with Crippen molar-refractivity contribution in [1.29, 1.82) is 0 Å². The van der Waals surface area contributed by atoms with Gasteiger partial charge in [0.25, 0.3) is 0 Å². The van der Waals surface area contributed by atoms with Crippen LogP contribution in [0, 0.1) is 5.92 Å². The summed E-state index contributed by atoms with van der Waals surface area (Å²) in [6.07, 6.45) is 11.0. The van der Waals surface area contributed by atoms with Crippen LogP contribution in [-0.2, 0) is 0 Å². The molecule has 2 atom stereocenters. The summed E-state index contributed by atoms with van der Waals surface area (Å²) < 4.78 is 2.22. The fourth-order valence-corrected chi connectivity index (χ4v) is 2.32. The first-order valence-electron chi connectivity index (χ1n) is 5.09. The van der Waals surface area contributed by atoms with E-state index in [4.69, 9.17) is 5.73 Å². The van der Waals surface area contributed by atoms with Crippen LogP contribution in [0.15, 0.2) is 18.7 Å². The summed E-state index contributed by atoms with van der Waals surface area (Å²) in [6, 6.07) is 0.598. The molecule has 0 saturated heterocycles. The lowest BCUT2D eigenvalue weighted by Gasteiger charge is -2.31. The lowest BCUT2D eigenvalue weighted by atomic mass is 9.84. The zero-order chi connectivity index (χ0) is 9.10. The molecular formula is C10H17N3. The van der Waals surface area contributed by atoms with E-state index in [2.05, 4.69) is 15.7 Å². The normalized spacial score (nSPS) is 29.0. The van der Waals surface area contributed by atoms with Crippen LogP contribution in [0.4, 0.5) is 0 Å². The number of aromatic nitrogens is 2. The van der Waals surface area contributed by atoms with Crippen molar-refractivity contribution in [3.8, 4) is 0 Å². The van der Waals surface area contributed by atoms with Crippen LogP contribution in [0.25, 0.3) is 0 Å². The van der Waals surface area contributed by atoms with E-state index in [1.165, 1.54) is 25.7 Å². The number of imidazole rings is 1. The minimum absolute atomic E-state index is 0.598. The molecule has 13 heavy (non-hydrogen) atoms. The third-order valence-corrected chi connectivity index (χ3v) is 3.08. The van der Waals surface area contributed by atoms with E-state index in [0.717, 1.165) is 6.54 Å². The minimum atomic E-state index is 0.598. The molecule has 0 aliphatic heterocycles. The maximum absolute atomic E-state index is 5.77. The van der Waals surface area contributed by atoms with Crippen LogP contribution >= 0.6 is 0 Å². The summed E-state index contributed by atoms with van der Waals surface area (Å²) in [5, 5.41) is 0. The third-order valence-electron chi connectivity index (χ3n) is 3.08.